The maximum absolute atomic E-state index is 3.67. The molecule has 0 aliphatic carbocycles. The first-order chi connectivity index (χ1) is 6.77. The summed E-state index contributed by atoms with van der Waals surface area (Å²) in [5.74, 6) is 0. The molecule has 0 radical (unpaired) electrons. The van der Waals surface area contributed by atoms with E-state index in [2.05, 4.69) is 43.4 Å². The second-order valence-corrected chi connectivity index (χ2v) is 4.41. The summed E-state index contributed by atoms with van der Waals surface area (Å²) < 4.78 is 0. The molecular formula is C13H19N. The fourth-order valence-corrected chi connectivity index (χ4v) is 2.36. The van der Waals surface area contributed by atoms with Gasteiger partial charge in [-0.25, -0.2) is 0 Å². The molecule has 1 heteroatoms. The molecular weight excluding hydrogens is 170 g/mol. The largest absolute Gasteiger partial charge is 0.307 e. The Hall–Kier alpha value is -0.820. The van der Waals surface area contributed by atoms with Crippen LogP contribution in [-0.4, -0.2) is 6.04 Å². The molecule has 1 aliphatic heterocycles. The summed E-state index contributed by atoms with van der Waals surface area (Å²) >= 11 is 0. The van der Waals surface area contributed by atoms with Gasteiger partial charge in [0.05, 0.1) is 0 Å². The molecule has 0 spiro atoms. The Bertz CT molecular complexity index is 306. The molecule has 1 nitrogen and oxygen atoms in total. The number of hydrogen-bond donors (Lipinski definition) is 1. The van der Waals surface area contributed by atoms with Crippen molar-refractivity contribution in [2.75, 3.05) is 0 Å². The Morgan fingerprint density at radius 3 is 2.71 bits per heavy atom. The minimum atomic E-state index is 0.583. The van der Waals surface area contributed by atoms with E-state index in [-0.39, 0.29) is 0 Å². The van der Waals surface area contributed by atoms with Gasteiger partial charge in [-0.3, -0.25) is 0 Å². The first kappa shape index (κ1) is 9.72. The minimum Gasteiger partial charge on any atom is -0.307 e. The normalized spacial score (nSPS) is 27.6. The van der Waals surface area contributed by atoms with Crippen LogP contribution >= 0.6 is 0 Å². The third kappa shape index (κ3) is 1.98. The number of hydrogen-bond acceptors (Lipinski definition) is 1. The van der Waals surface area contributed by atoms with Crippen molar-refractivity contribution in [1.29, 1.82) is 0 Å². The van der Waals surface area contributed by atoms with Crippen LogP contribution in [0, 0.1) is 6.92 Å². The molecule has 76 valence electrons. The van der Waals surface area contributed by atoms with E-state index in [9.17, 15) is 0 Å². The summed E-state index contributed by atoms with van der Waals surface area (Å²) in [4.78, 5) is 0. The van der Waals surface area contributed by atoms with Gasteiger partial charge < -0.3 is 5.32 Å². The molecule has 1 aromatic rings. The van der Waals surface area contributed by atoms with Crippen LogP contribution in [0.15, 0.2) is 24.3 Å². The van der Waals surface area contributed by atoms with Crippen LogP contribution in [0.2, 0.25) is 0 Å². The fraction of sp³-hybridized carbons (Fsp3) is 0.538. The van der Waals surface area contributed by atoms with Crippen LogP contribution in [0.3, 0.4) is 0 Å². The van der Waals surface area contributed by atoms with Crippen LogP contribution in [0.25, 0.3) is 0 Å². The molecule has 1 fully saturated rings. The van der Waals surface area contributed by atoms with Gasteiger partial charge in [0.25, 0.3) is 0 Å². The monoisotopic (exact) mass is 189 g/mol. The zero-order valence-corrected chi connectivity index (χ0v) is 9.09. The molecule has 2 rings (SSSR count). The molecule has 1 aliphatic rings. The minimum absolute atomic E-state index is 0.583. The van der Waals surface area contributed by atoms with E-state index in [1.54, 1.807) is 0 Å². The molecule has 0 saturated carbocycles. The summed E-state index contributed by atoms with van der Waals surface area (Å²) in [6.45, 7) is 4.49. The lowest BCUT2D eigenvalue weighted by molar-refractivity contribution is 0.340. The smallest absolute Gasteiger partial charge is 0.0325 e. The van der Waals surface area contributed by atoms with Crippen molar-refractivity contribution in [2.45, 2.75) is 45.2 Å². The number of rotatable bonds is 1. The van der Waals surface area contributed by atoms with Crippen LogP contribution < -0.4 is 5.32 Å². The van der Waals surface area contributed by atoms with Gasteiger partial charge in [0, 0.05) is 12.1 Å². The second kappa shape index (κ2) is 4.14. The van der Waals surface area contributed by atoms with Crippen molar-refractivity contribution in [2.24, 2.45) is 0 Å². The van der Waals surface area contributed by atoms with Gasteiger partial charge in [-0.15, -0.1) is 0 Å². The summed E-state index contributed by atoms with van der Waals surface area (Å²) in [5, 5.41) is 3.67. The van der Waals surface area contributed by atoms with E-state index in [0.29, 0.717) is 12.1 Å². The average Bonchev–Trinajstić information content (AvgIpc) is 2.18. The van der Waals surface area contributed by atoms with Crippen molar-refractivity contribution in [3.05, 3.63) is 35.4 Å². The fourth-order valence-electron chi connectivity index (χ4n) is 2.36. The first-order valence-corrected chi connectivity index (χ1v) is 5.59. The van der Waals surface area contributed by atoms with Gasteiger partial charge in [0.15, 0.2) is 0 Å². The number of piperidine rings is 1. The van der Waals surface area contributed by atoms with Crippen LogP contribution in [0.1, 0.15) is 43.4 Å². The summed E-state index contributed by atoms with van der Waals surface area (Å²) in [6, 6.07) is 9.98. The maximum Gasteiger partial charge on any atom is 0.0325 e. The highest BCUT2D eigenvalue weighted by Gasteiger charge is 2.19. The Balaban J connectivity index is 2.18. The molecule has 0 aromatic heterocycles. The van der Waals surface area contributed by atoms with Crippen molar-refractivity contribution < 1.29 is 0 Å². The lowest BCUT2D eigenvalue weighted by atomic mass is 9.92. The Labute approximate surface area is 86.5 Å². The highest BCUT2D eigenvalue weighted by molar-refractivity contribution is 5.29. The zero-order valence-electron chi connectivity index (χ0n) is 9.09. The third-order valence-corrected chi connectivity index (χ3v) is 3.18. The van der Waals surface area contributed by atoms with Gasteiger partial charge >= 0.3 is 0 Å². The van der Waals surface area contributed by atoms with Crippen molar-refractivity contribution in [3.63, 3.8) is 0 Å². The first-order valence-electron chi connectivity index (χ1n) is 5.59. The molecule has 0 bridgehead atoms. The highest BCUT2D eigenvalue weighted by atomic mass is 15.0. The van der Waals surface area contributed by atoms with Gasteiger partial charge in [0.1, 0.15) is 0 Å². The molecule has 2 atom stereocenters. The Kier molecular flexibility index (Phi) is 2.87. The SMILES string of the molecule is Cc1ccccc1[C@H]1CCC[C@@H](C)N1. The van der Waals surface area contributed by atoms with E-state index < -0.39 is 0 Å². The molecule has 1 aromatic carbocycles. The predicted molar refractivity (Wildman–Crippen MR) is 60.4 cm³/mol. The van der Waals surface area contributed by atoms with Crippen molar-refractivity contribution in [1.82, 2.24) is 5.32 Å². The second-order valence-electron chi connectivity index (χ2n) is 4.41. The summed E-state index contributed by atoms with van der Waals surface area (Å²) in [7, 11) is 0. The van der Waals surface area contributed by atoms with Gasteiger partial charge in [-0.1, -0.05) is 30.7 Å². The van der Waals surface area contributed by atoms with Gasteiger partial charge in [-0.2, -0.15) is 0 Å². The van der Waals surface area contributed by atoms with E-state index in [1.807, 2.05) is 0 Å². The van der Waals surface area contributed by atoms with Gasteiger partial charge in [0.2, 0.25) is 0 Å². The lowest BCUT2D eigenvalue weighted by Crippen LogP contribution is -2.34. The van der Waals surface area contributed by atoms with Crippen LogP contribution in [0.5, 0.6) is 0 Å². The Morgan fingerprint density at radius 2 is 2.00 bits per heavy atom. The standard InChI is InChI=1S/C13H19N/c1-10-6-3-4-8-12(10)13-9-5-7-11(2)14-13/h3-4,6,8,11,13-14H,5,7,9H2,1-2H3/t11-,13-/m1/s1. The zero-order chi connectivity index (χ0) is 9.97. The number of aryl methyl sites for hydroxylation is 1. The number of nitrogens with one attached hydrogen (secondary N) is 1. The predicted octanol–water partition coefficient (Wildman–Crippen LogP) is 3.20. The third-order valence-electron chi connectivity index (χ3n) is 3.18. The van der Waals surface area contributed by atoms with E-state index in [1.165, 1.54) is 30.4 Å². The summed E-state index contributed by atoms with van der Waals surface area (Å²) in [5.41, 5.74) is 2.90. The lowest BCUT2D eigenvalue weighted by Gasteiger charge is -2.30. The Morgan fingerprint density at radius 1 is 1.21 bits per heavy atom. The topological polar surface area (TPSA) is 12.0 Å². The molecule has 1 N–H and O–H groups in total. The van der Waals surface area contributed by atoms with Crippen LogP contribution in [0.4, 0.5) is 0 Å². The maximum atomic E-state index is 3.67. The molecule has 1 saturated heterocycles. The van der Waals surface area contributed by atoms with Gasteiger partial charge in [-0.05, 0) is 37.8 Å². The summed E-state index contributed by atoms with van der Waals surface area (Å²) in [6.07, 6.45) is 3.96. The average molecular weight is 189 g/mol. The molecule has 1 heterocycles. The molecule has 0 unspecified atom stereocenters. The quantitative estimate of drug-likeness (QED) is 0.715. The van der Waals surface area contributed by atoms with E-state index in [0.717, 1.165) is 0 Å². The number of benzene rings is 1. The highest BCUT2D eigenvalue weighted by Crippen LogP contribution is 2.27. The van der Waals surface area contributed by atoms with E-state index >= 15 is 0 Å². The van der Waals surface area contributed by atoms with E-state index in [4.69, 9.17) is 0 Å². The van der Waals surface area contributed by atoms with Crippen molar-refractivity contribution >= 4 is 0 Å². The molecule has 0 amide bonds. The van der Waals surface area contributed by atoms with Crippen molar-refractivity contribution in [3.8, 4) is 0 Å². The van der Waals surface area contributed by atoms with Crippen LogP contribution in [-0.2, 0) is 0 Å². The molecule has 14 heavy (non-hydrogen) atoms.